The van der Waals surface area contributed by atoms with Crippen molar-refractivity contribution in [3.63, 3.8) is 0 Å². The predicted molar refractivity (Wildman–Crippen MR) is 83.2 cm³/mol. The van der Waals surface area contributed by atoms with Crippen molar-refractivity contribution in [2.45, 2.75) is 12.6 Å². The minimum Gasteiger partial charge on any atom is -0.374 e. The molecule has 0 spiro atoms. The van der Waals surface area contributed by atoms with Crippen LogP contribution in [0.4, 0.5) is 0 Å². The van der Waals surface area contributed by atoms with E-state index in [4.69, 9.17) is 10.5 Å². The van der Waals surface area contributed by atoms with Gasteiger partial charge in [-0.25, -0.2) is 0 Å². The molecule has 102 valence electrons. The van der Waals surface area contributed by atoms with Crippen molar-refractivity contribution in [1.29, 1.82) is 0 Å². The maximum absolute atomic E-state index is 5.64. The molecule has 1 heterocycles. The van der Waals surface area contributed by atoms with Crippen LogP contribution in [-0.4, -0.2) is 37.2 Å². The van der Waals surface area contributed by atoms with Gasteiger partial charge in [0.1, 0.15) is 0 Å². The number of nitrogens with two attached hydrogens (primary N) is 1. The fourth-order valence-corrected chi connectivity index (χ4v) is 2.64. The largest absolute Gasteiger partial charge is 0.374 e. The Balaban J connectivity index is 0.00000162. The molecule has 1 atom stereocenters. The van der Waals surface area contributed by atoms with Gasteiger partial charge in [-0.1, -0.05) is 6.07 Å². The third-order valence-corrected chi connectivity index (χ3v) is 4.76. The van der Waals surface area contributed by atoms with Crippen LogP contribution >= 0.6 is 44.3 Å². The minimum atomic E-state index is 0. The van der Waals surface area contributed by atoms with Crippen LogP contribution in [0.1, 0.15) is 5.56 Å². The molecule has 0 bridgehead atoms. The molecule has 1 unspecified atom stereocenters. The zero-order valence-corrected chi connectivity index (χ0v) is 13.9. The van der Waals surface area contributed by atoms with Crippen molar-refractivity contribution in [2.24, 2.45) is 5.73 Å². The number of halogens is 3. The number of hydrogen-bond donors (Lipinski definition) is 1. The lowest BCUT2D eigenvalue weighted by Gasteiger charge is -2.32. The minimum absolute atomic E-state index is 0. The first-order chi connectivity index (χ1) is 8.19. The molecular weight excluding hydrogens is 383 g/mol. The molecule has 0 amide bonds. The van der Waals surface area contributed by atoms with E-state index in [1.807, 2.05) is 0 Å². The van der Waals surface area contributed by atoms with Crippen LogP contribution in [0.5, 0.6) is 0 Å². The highest BCUT2D eigenvalue weighted by molar-refractivity contribution is 9.13. The third-order valence-electron chi connectivity index (χ3n) is 2.88. The molecule has 18 heavy (non-hydrogen) atoms. The van der Waals surface area contributed by atoms with Crippen LogP contribution in [0.25, 0.3) is 0 Å². The molecule has 2 N–H and O–H groups in total. The Kier molecular flexibility index (Phi) is 7.13. The highest BCUT2D eigenvalue weighted by atomic mass is 79.9. The fraction of sp³-hybridized carbons (Fsp3) is 0.500. The standard InChI is InChI=1S/C12H16Br2N2O.ClH/c13-11-2-1-9(5-12(11)14)7-16-3-4-17-10(6-15)8-16;/h1-2,5,10H,3-4,6-8,15H2;1H. The molecule has 1 aliphatic heterocycles. The van der Waals surface area contributed by atoms with E-state index in [9.17, 15) is 0 Å². The van der Waals surface area contributed by atoms with Crippen LogP contribution in [-0.2, 0) is 11.3 Å². The van der Waals surface area contributed by atoms with E-state index in [1.54, 1.807) is 0 Å². The first-order valence-electron chi connectivity index (χ1n) is 5.67. The average molecular weight is 401 g/mol. The molecule has 6 heteroatoms. The van der Waals surface area contributed by atoms with Crippen molar-refractivity contribution in [3.05, 3.63) is 32.7 Å². The quantitative estimate of drug-likeness (QED) is 0.848. The monoisotopic (exact) mass is 398 g/mol. The lowest BCUT2D eigenvalue weighted by molar-refractivity contribution is -0.0260. The summed E-state index contributed by atoms with van der Waals surface area (Å²) in [6.45, 7) is 4.22. The molecule has 1 saturated heterocycles. The van der Waals surface area contributed by atoms with Gasteiger partial charge in [-0.15, -0.1) is 12.4 Å². The SMILES string of the molecule is Cl.NCC1CN(Cc2ccc(Br)c(Br)c2)CCO1. The molecule has 3 nitrogen and oxygen atoms in total. The topological polar surface area (TPSA) is 38.5 Å². The normalized spacial score (nSPS) is 20.5. The highest BCUT2D eigenvalue weighted by Gasteiger charge is 2.19. The molecule has 1 fully saturated rings. The summed E-state index contributed by atoms with van der Waals surface area (Å²) in [7, 11) is 0. The van der Waals surface area contributed by atoms with Crippen LogP contribution in [0.2, 0.25) is 0 Å². The summed E-state index contributed by atoms with van der Waals surface area (Å²) in [5, 5.41) is 0. The molecule has 1 aromatic rings. The Labute approximate surface area is 131 Å². The summed E-state index contributed by atoms with van der Waals surface area (Å²) in [6.07, 6.45) is 0.183. The lowest BCUT2D eigenvalue weighted by atomic mass is 10.2. The maximum atomic E-state index is 5.64. The number of nitrogens with zero attached hydrogens (tertiary/aromatic N) is 1. The van der Waals surface area contributed by atoms with Crippen molar-refractivity contribution >= 4 is 44.3 Å². The number of rotatable bonds is 3. The maximum Gasteiger partial charge on any atom is 0.0824 e. The van der Waals surface area contributed by atoms with Gasteiger partial charge in [0.2, 0.25) is 0 Å². The smallest absolute Gasteiger partial charge is 0.0824 e. The van der Waals surface area contributed by atoms with Crippen molar-refractivity contribution in [2.75, 3.05) is 26.2 Å². The summed E-state index contributed by atoms with van der Waals surface area (Å²) in [5.74, 6) is 0. The Bertz CT molecular complexity index is 392. The van der Waals surface area contributed by atoms with E-state index in [0.717, 1.165) is 35.2 Å². The predicted octanol–water partition coefficient (Wildman–Crippen LogP) is 2.79. The zero-order chi connectivity index (χ0) is 12.3. The Morgan fingerprint density at radius 2 is 2.11 bits per heavy atom. The Morgan fingerprint density at radius 3 is 2.78 bits per heavy atom. The van der Waals surface area contributed by atoms with Crippen molar-refractivity contribution in [3.8, 4) is 0 Å². The molecule has 2 rings (SSSR count). The Morgan fingerprint density at radius 1 is 1.33 bits per heavy atom. The van der Waals surface area contributed by atoms with Crippen LogP contribution < -0.4 is 5.73 Å². The van der Waals surface area contributed by atoms with Gasteiger partial charge in [0.25, 0.3) is 0 Å². The molecule has 1 aliphatic rings. The second-order valence-corrected chi connectivity index (χ2v) is 5.92. The highest BCUT2D eigenvalue weighted by Crippen LogP contribution is 2.24. The zero-order valence-electron chi connectivity index (χ0n) is 9.94. The summed E-state index contributed by atoms with van der Waals surface area (Å²) in [6, 6.07) is 6.36. The number of hydrogen-bond acceptors (Lipinski definition) is 3. The van der Waals surface area contributed by atoms with Gasteiger partial charge >= 0.3 is 0 Å². The molecule has 0 aromatic heterocycles. The number of morpholine rings is 1. The van der Waals surface area contributed by atoms with E-state index in [0.29, 0.717) is 6.54 Å². The molecule has 0 saturated carbocycles. The molecule has 0 radical (unpaired) electrons. The van der Waals surface area contributed by atoms with Gasteiger partial charge < -0.3 is 10.5 Å². The van der Waals surface area contributed by atoms with Gasteiger partial charge in [0, 0.05) is 35.1 Å². The second-order valence-electron chi connectivity index (χ2n) is 4.21. The summed E-state index contributed by atoms with van der Waals surface area (Å²) < 4.78 is 7.74. The molecular formula is C12H17Br2ClN2O. The average Bonchev–Trinajstić information content (AvgIpc) is 2.34. The Hall–Kier alpha value is 0.350. The van der Waals surface area contributed by atoms with Crippen LogP contribution in [0, 0.1) is 0 Å². The van der Waals surface area contributed by atoms with E-state index < -0.39 is 0 Å². The second kappa shape index (κ2) is 7.82. The number of benzene rings is 1. The van der Waals surface area contributed by atoms with E-state index in [1.165, 1.54) is 5.56 Å². The first kappa shape index (κ1) is 16.4. The van der Waals surface area contributed by atoms with Gasteiger partial charge in [-0.2, -0.15) is 0 Å². The lowest BCUT2D eigenvalue weighted by Crippen LogP contribution is -2.45. The van der Waals surface area contributed by atoms with Gasteiger partial charge in [-0.05, 0) is 49.6 Å². The number of ether oxygens (including phenoxy) is 1. The van der Waals surface area contributed by atoms with E-state index in [2.05, 4.69) is 55.0 Å². The van der Waals surface area contributed by atoms with Gasteiger partial charge in [0.15, 0.2) is 0 Å². The van der Waals surface area contributed by atoms with Crippen molar-refractivity contribution < 1.29 is 4.74 Å². The van der Waals surface area contributed by atoms with Gasteiger partial charge in [-0.3, -0.25) is 4.90 Å². The summed E-state index contributed by atoms with van der Waals surface area (Å²) >= 11 is 7.00. The fourth-order valence-electron chi connectivity index (χ4n) is 1.96. The van der Waals surface area contributed by atoms with Crippen LogP contribution in [0.15, 0.2) is 27.1 Å². The molecule has 0 aliphatic carbocycles. The van der Waals surface area contributed by atoms with Crippen molar-refractivity contribution in [1.82, 2.24) is 4.90 Å². The first-order valence-corrected chi connectivity index (χ1v) is 7.25. The third kappa shape index (κ3) is 4.47. The van der Waals surface area contributed by atoms with E-state index in [-0.39, 0.29) is 18.5 Å². The molecule has 1 aromatic carbocycles. The van der Waals surface area contributed by atoms with Gasteiger partial charge in [0.05, 0.1) is 12.7 Å². The van der Waals surface area contributed by atoms with E-state index >= 15 is 0 Å². The summed E-state index contributed by atoms with van der Waals surface area (Å²) in [4.78, 5) is 2.39. The van der Waals surface area contributed by atoms with Crippen LogP contribution in [0.3, 0.4) is 0 Å². The summed E-state index contributed by atoms with van der Waals surface area (Å²) in [5.41, 5.74) is 6.94.